The topological polar surface area (TPSA) is 96.4 Å². The highest BCUT2D eigenvalue weighted by Gasteiger charge is 2.19. The number of aliphatic carboxylic acids is 1. The van der Waals surface area contributed by atoms with Gasteiger partial charge >= 0.3 is 5.97 Å². The van der Waals surface area contributed by atoms with Gasteiger partial charge in [-0.1, -0.05) is 36.4 Å². The molecule has 0 aliphatic heterocycles. The first-order chi connectivity index (χ1) is 13.5. The average Bonchev–Trinajstić information content (AvgIpc) is 2.70. The van der Waals surface area contributed by atoms with Crippen LogP contribution in [0, 0.1) is 0 Å². The summed E-state index contributed by atoms with van der Waals surface area (Å²) in [4.78, 5) is 15.1. The number of sulfonamides is 1. The monoisotopic (exact) mass is 434 g/mol. The van der Waals surface area contributed by atoms with Crippen molar-refractivity contribution < 1.29 is 18.3 Å². The van der Waals surface area contributed by atoms with Crippen LogP contribution in [0.3, 0.4) is 0 Å². The number of nitrogens with one attached hydrogen (secondary N) is 1. The minimum atomic E-state index is -3.68. The molecule has 29 heavy (non-hydrogen) atoms. The van der Waals surface area contributed by atoms with E-state index in [1.807, 2.05) is 30.3 Å². The van der Waals surface area contributed by atoms with E-state index in [0.717, 1.165) is 16.3 Å². The summed E-state index contributed by atoms with van der Waals surface area (Å²) in [5.74, 6) is -1.01. The third-order valence-corrected chi connectivity index (χ3v) is 6.07. The predicted octanol–water partition coefficient (Wildman–Crippen LogP) is 3.97. The Balaban J connectivity index is 0.00000300. The zero-order valence-electron chi connectivity index (χ0n) is 15.7. The van der Waals surface area contributed by atoms with E-state index < -0.39 is 16.0 Å². The normalized spacial score (nSPS) is 12.3. The SMILES string of the molecule is Cl.O=C(O)CCCC(CNS(=O)(=O)c1ccc2ccccc2c1)c1cccnc1. The van der Waals surface area contributed by atoms with E-state index in [0.29, 0.717) is 12.8 Å². The van der Waals surface area contributed by atoms with Gasteiger partial charge in [-0.3, -0.25) is 9.78 Å². The van der Waals surface area contributed by atoms with Gasteiger partial charge in [0.2, 0.25) is 10.0 Å². The first-order valence-electron chi connectivity index (χ1n) is 9.06. The summed E-state index contributed by atoms with van der Waals surface area (Å²) >= 11 is 0. The van der Waals surface area contributed by atoms with Crippen LogP contribution in [0.2, 0.25) is 0 Å². The summed E-state index contributed by atoms with van der Waals surface area (Å²) in [6, 6.07) is 16.3. The predicted molar refractivity (Wildman–Crippen MR) is 115 cm³/mol. The summed E-state index contributed by atoms with van der Waals surface area (Å²) in [6.45, 7) is 0.181. The number of pyridine rings is 1. The van der Waals surface area contributed by atoms with Crippen molar-refractivity contribution in [2.45, 2.75) is 30.1 Å². The second-order valence-corrected chi connectivity index (χ2v) is 8.40. The van der Waals surface area contributed by atoms with Crippen LogP contribution in [-0.2, 0) is 14.8 Å². The highest BCUT2D eigenvalue weighted by molar-refractivity contribution is 7.89. The lowest BCUT2D eigenvalue weighted by Crippen LogP contribution is -2.28. The van der Waals surface area contributed by atoms with Crippen molar-refractivity contribution in [3.8, 4) is 0 Å². The molecule has 1 heterocycles. The van der Waals surface area contributed by atoms with Crippen LogP contribution in [0.1, 0.15) is 30.7 Å². The highest BCUT2D eigenvalue weighted by atomic mass is 35.5. The Morgan fingerprint density at radius 1 is 1.07 bits per heavy atom. The molecule has 1 unspecified atom stereocenters. The molecule has 6 nitrogen and oxygen atoms in total. The summed E-state index contributed by atoms with van der Waals surface area (Å²) < 4.78 is 28.2. The third kappa shape index (κ3) is 6.25. The number of carboxylic acids is 1. The van der Waals surface area contributed by atoms with Gasteiger partial charge in [0.1, 0.15) is 0 Å². The fourth-order valence-electron chi connectivity index (χ4n) is 3.13. The fraction of sp³-hybridized carbons (Fsp3) is 0.238. The molecule has 2 N–H and O–H groups in total. The van der Waals surface area contributed by atoms with E-state index in [2.05, 4.69) is 9.71 Å². The summed E-state index contributed by atoms with van der Waals surface area (Å²) in [6.07, 6.45) is 4.41. The summed E-state index contributed by atoms with van der Waals surface area (Å²) in [5, 5.41) is 10.7. The van der Waals surface area contributed by atoms with Crippen LogP contribution in [0.25, 0.3) is 10.8 Å². The second-order valence-electron chi connectivity index (χ2n) is 6.63. The molecule has 0 amide bonds. The number of benzene rings is 2. The Hall–Kier alpha value is -2.48. The van der Waals surface area contributed by atoms with Crippen LogP contribution >= 0.6 is 12.4 Å². The van der Waals surface area contributed by atoms with Gasteiger partial charge in [-0.2, -0.15) is 0 Å². The molecule has 0 saturated carbocycles. The number of hydrogen-bond acceptors (Lipinski definition) is 4. The van der Waals surface area contributed by atoms with Gasteiger partial charge in [0.05, 0.1) is 4.90 Å². The molecule has 3 rings (SSSR count). The molecule has 0 aliphatic rings. The van der Waals surface area contributed by atoms with Crippen molar-refractivity contribution in [2.75, 3.05) is 6.54 Å². The number of carboxylic acid groups (broad SMARTS) is 1. The molecule has 0 saturated heterocycles. The molecule has 1 aromatic heterocycles. The number of fused-ring (bicyclic) bond motifs is 1. The van der Waals surface area contributed by atoms with Crippen molar-refractivity contribution in [3.05, 3.63) is 72.6 Å². The molecule has 0 bridgehead atoms. The van der Waals surface area contributed by atoms with Crippen molar-refractivity contribution in [3.63, 3.8) is 0 Å². The minimum Gasteiger partial charge on any atom is -0.481 e. The van der Waals surface area contributed by atoms with Crippen molar-refractivity contribution in [2.24, 2.45) is 0 Å². The van der Waals surface area contributed by atoms with Crippen molar-refractivity contribution >= 4 is 39.2 Å². The van der Waals surface area contributed by atoms with Crippen LogP contribution in [0.4, 0.5) is 0 Å². The number of halogens is 1. The molecule has 2 aromatic carbocycles. The van der Waals surface area contributed by atoms with Crippen LogP contribution in [0.15, 0.2) is 71.9 Å². The Bertz CT molecular complexity index is 1060. The third-order valence-electron chi connectivity index (χ3n) is 4.65. The Morgan fingerprint density at radius 2 is 1.83 bits per heavy atom. The van der Waals surface area contributed by atoms with Gasteiger partial charge in [0, 0.05) is 25.4 Å². The molecular weight excluding hydrogens is 412 g/mol. The average molecular weight is 435 g/mol. The van der Waals surface area contributed by atoms with E-state index in [4.69, 9.17) is 5.11 Å². The largest absolute Gasteiger partial charge is 0.481 e. The first kappa shape index (κ1) is 22.8. The maximum Gasteiger partial charge on any atom is 0.303 e. The van der Waals surface area contributed by atoms with Crippen molar-refractivity contribution in [1.82, 2.24) is 9.71 Å². The lowest BCUT2D eigenvalue weighted by Gasteiger charge is -2.18. The zero-order valence-corrected chi connectivity index (χ0v) is 17.3. The number of hydrogen-bond donors (Lipinski definition) is 2. The molecule has 154 valence electrons. The van der Waals surface area contributed by atoms with E-state index >= 15 is 0 Å². The summed E-state index contributed by atoms with van der Waals surface area (Å²) in [7, 11) is -3.68. The van der Waals surface area contributed by atoms with Gasteiger partial charge in [0.15, 0.2) is 0 Å². The standard InChI is InChI=1S/C21H22N2O4S.ClH/c24-21(25)9-3-7-19(18-8-4-12-22-14-18)15-23-28(26,27)20-11-10-16-5-1-2-6-17(16)13-20;/h1-2,4-6,8,10-14,19,23H,3,7,9,15H2,(H,24,25);1H. The quantitative estimate of drug-likeness (QED) is 0.531. The molecular formula is C21H23ClN2O4S. The maximum absolute atomic E-state index is 12.8. The lowest BCUT2D eigenvalue weighted by atomic mass is 9.95. The van der Waals surface area contributed by atoms with Gasteiger partial charge in [0.25, 0.3) is 0 Å². The first-order valence-corrected chi connectivity index (χ1v) is 10.5. The zero-order chi connectivity index (χ0) is 20.0. The fourth-order valence-corrected chi connectivity index (χ4v) is 4.25. The Kier molecular flexibility index (Phi) is 8.13. The van der Waals surface area contributed by atoms with Crippen LogP contribution in [0.5, 0.6) is 0 Å². The number of nitrogens with zero attached hydrogens (tertiary/aromatic N) is 1. The number of rotatable bonds is 9. The number of carbonyl (C=O) groups is 1. The van der Waals surface area contributed by atoms with Crippen molar-refractivity contribution in [1.29, 1.82) is 0 Å². The molecule has 1 atom stereocenters. The van der Waals surface area contributed by atoms with Gasteiger partial charge in [-0.25, -0.2) is 13.1 Å². The molecule has 0 spiro atoms. The Morgan fingerprint density at radius 3 is 2.52 bits per heavy atom. The molecule has 3 aromatic rings. The van der Waals surface area contributed by atoms with Crippen LogP contribution < -0.4 is 4.72 Å². The highest BCUT2D eigenvalue weighted by Crippen LogP contribution is 2.23. The smallest absolute Gasteiger partial charge is 0.303 e. The van der Waals surface area contributed by atoms with E-state index in [-0.39, 0.29) is 36.2 Å². The van der Waals surface area contributed by atoms with E-state index in [1.165, 1.54) is 0 Å². The van der Waals surface area contributed by atoms with E-state index in [1.54, 1.807) is 36.7 Å². The van der Waals surface area contributed by atoms with Gasteiger partial charge in [-0.15, -0.1) is 12.4 Å². The maximum atomic E-state index is 12.8. The second kappa shape index (κ2) is 10.3. The van der Waals surface area contributed by atoms with Gasteiger partial charge < -0.3 is 5.11 Å². The van der Waals surface area contributed by atoms with Crippen LogP contribution in [-0.4, -0.2) is 31.0 Å². The molecule has 0 aliphatic carbocycles. The summed E-state index contributed by atoms with van der Waals surface area (Å²) in [5.41, 5.74) is 0.883. The Labute approximate surface area is 176 Å². The van der Waals surface area contributed by atoms with Gasteiger partial charge in [-0.05, 0) is 53.3 Å². The molecule has 8 heteroatoms. The molecule has 0 radical (unpaired) electrons. The lowest BCUT2D eigenvalue weighted by molar-refractivity contribution is -0.137. The number of aromatic nitrogens is 1. The minimum absolute atomic E-state index is 0. The molecule has 0 fully saturated rings. The van der Waals surface area contributed by atoms with E-state index in [9.17, 15) is 13.2 Å².